The van der Waals surface area contributed by atoms with Crippen molar-refractivity contribution in [1.82, 2.24) is 10.4 Å². The molecule has 0 saturated heterocycles. The number of ether oxygens (including phenoxy) is 1. The summed E-state index contributed by atoms with van der Waals surface area (Å²) in [7, 11) is 0. The number of halogens is 1. The number of hydrogen-bond acceptors (Lipinski definition) is 4. The van der Waals surface area contributed by atoms with E-state index in [2.05, 4.69) is 26.3 Å². The Kier molecular flexibility index (Phi) is 5.52. The third-order valence-electron chi connectivity index (χ3n) is 2.97. The van der Waals surface area contributed by atoms with Gasteiger partial charge in [0, 0.05) is 16.9 Å². The topological polar surface area (TPSA) is 60.2 Å². The molecule has 2 rings (SSSR count). The van der Waals surface area contributed by atoms with Crippen molar-refractivity contribution in [1.29, 1.82) is 0 Å². The molecule has 1 aromatic heterocycles. The average Bonchev–Trinajstić information content (AvgIpc) is 2.45. The highest BCUT2D eigenvalue weighted by Crippen LogP contribution is 2.23. The van der Waals surface area contributed by atoms with Crippen LogP contribution in [0.5, 0.6) is 5.75 Å². The van der Waals surface area contributed by atoms with Crippen molar-refractivity contribution in [3.63, 3.8) is 0 Å². The maximum absolute atomic E-state index is 5.69. The monoisotopic (exact) mass is 335 g/mol. The molecule has 0 aliphatic rings. The van der Waals surface area contributed by atoms with Gasteiger partial charge in [0.2, 0.25) is 0 Å². The number of hydrazine groups is 1. The van der Waals surface area contributed by atoms with Crippen LogP contribution in [0.1, 0.15) is 24.1 Å². The Balaban J connectivity index is 2.17. The lowest BCUT2D eigenvalue weighted by atomic mass is 10.0. The maximum Gasteiger partial charge on any atom is 0.119 e. The molecule has 106 valence electrons. The summed E-state index contributed by atoms with van der Waals surface area (Å²) in [4.78, 5) is 4.17. The van der Waals surface area contributed by atoms with E-state index in [9.17, 15) is 0 Å². The Morgan fingerprint density at radius 3 is 2.90 bits per heavy atom. The molecule has 5 heteroatoms. The number of nitrogens with zero attached hydrogens (tertiary/aromatic N) is 1. The first-order chi connectivity index (χ1) is 9.72. The van der Waals surface area contributed by atoms with Gasteiger partial charge in [0.05, 0.1) is 12.6 Å². The van der Waals surface area contributed by atoms with Crippen LogP contribution in [0.2, 0.25) is 0 Å². The van der Waals surface area contributed by atoms with Gasteiger partial charge in [-0.1, -0.05) is 12.1 Å². The zero-order valence-corrected chi connectivity index (χ0v) is 12.9. The molecule has 0 amide bonds. The minimum absolute atomic E-state index is 0.0199. The van der Waals surface area contributed by atoms with Crippen molar-refractivity contribution < 1.29 is 4.74 Å². The number of aromatic nitrogens is 1. The van der Waals surface area contributed by atoms with Crippen molar-refractivity contribution >= 4 is 15.9 Å². The molecule has 1 aromatic carbocycles. The van der Waals surface area contributed by atoms with Crippen molar-refractivity contribution in [2.45, 2.75) is 19.4 Å². The first kappa shape index (κ1) is 15.0. The first-order valence-corrected chi connectivity index (χ1v) is 7.30. The second-order valence-electron chi connectivity index (χ2n) is 4.44. The highest BCUT2D eigenvalue weighted by Gasteiger charge is 2.12. The van der Waals surface area contributed by atoms with E-state index in [-0.39, 0.29) is 6.04 Å². The number of hydrogen-bond donors (Lipinski definition) is 2. The molecule has 0 spiro atoms. The minimum atomic E-state index is 0.0199. The Hall–Kier alpha value is -1.43. The third-order valence-corrected chi connectivity index (χ3v) is 3.41. The third kappa shape index (κ3) is 4.03. The van der Waals surface area contributed by atoms with Gasteiger partial charge in [-0.05, 0) is 58.6 Å². The van der Waals surface area contributed by atoms with Gasteiger partial charge in [-0.2, -0.15) is 0 Å². The molecule has 1 heterocycles. The Morgan fingerprint density at radius 1 is 1.35 bits per heavy atom. The molecular weight excluding hydrogens is 318 g/mol. The van der Waals surface area contributed by atoms with Crippen molar-refractivity contribution in [3.8, 4) is 5.75 Å². The molecule has 0 fully saturated rings. The molecule has 1 unspecified atom stereocenters. The zero-order chi connectivity index (χ0) is 14.4. The molecule has 0 aliphatic heterocycles. The molecule has 4 nitrogen and oxygen atoms in total. The van der Waals surface area contributed by atoms with Crippen LogP contribution in [0.3, 0.4) is 0 Å². The van der Waals surface area contributed by atoms with E-state index in [1.165, 1.54) is 0 Å². The number of benzene rings is 1. The molecule has 0 aliphatic carbocycles. The predicted molar refractivity (Wildman–Crippen MR) is 83.3 cm³/mol. The summed E-state index contributed by atoms with van der Waals surface area (Å²) in [5, 5.41) is 0. The quantitative estimate of drug-likeness (QED) is 0.629. The van der Waals surface area contributed by atoms with E-state index in [4.69, 9.17) is 10.6 Å². The van der Waals surface area contributed by atoms with Gasteiger partial charge < -0.3 is 4.74 Å². The predicted octanol–water partition coefficient (Wildman–Crippen LogP) is 2.99. The van der Waals surface area contributed by atoms with Crippen LogP contribution in [0.4, 0.5) is 0 Å². The van der Waals surface area contributed by atoms with Gasteiger partial charge >= 0.3 is 0 Å². The lowest BCUT2D eigenvalue weighted by Crippen LogP contribution is -2.29. The van der Waals surface area contributed by atoms with Gasteiger partial charge in [-0.3, -0.25) is 16.3 Å². The number of nitrogens with one attached hydrogen (secondary N) is 1. The van der Waals surface area contributed by atoms with E-state index < -0.39 is 0 Å². The van der Waals surface area contributed by atoms with Crippen LogP contribution >= 0.6 is 15.9 Å². The van der Waals surface area contributed by atoms with Crippen LogP contribution < -0.4 is 16.0 Å². The molecule has 1 atom stereocenters. The average molecular weight is 336 g/mol. The van der Waals surface area contributed by atoms with E-state index in [1.807, 2.05) is 43.5 Å². The summed E-state index contributed by atoms with van der Waals surface area (Å²) in [5.74, 6) is 6.55. The van der Waals surface area contributed by atoms with Gasteiger partial charge in [0.15, 0.2) is 0 Å². The van der Waals surface area contributed by atoms with E-state index in [0.717, 1.165) is 27.8 Å². The SMILES string of the molecule is CCOc1cccc(C(Cc2cncc(Br)c2)NN)c1. The van der Waals surface area contributed by atoms with E-state index in [0.29, 0.717) is 6.61 Å². The molecule has 0 radical (unpaired) electrons. The largest absolute Gasteiger partial charge is 0.494 e. The van der Waals surface area contributed by atoms with Crippen LogP contribution in [0, 0.1) is 0 Å². The summed E-state index contributed by atoms with van der Waals surface area (Å²) in [6.07, 6.45) is 4.38. The lowest BCUT2D eigenvalue weighted by molar-refractivity contribution is 0.339. The highest BCUT2D eigenvalue weighted by molar-refractivity contribution is 9.10. The second kappa shape index (κ2) is 7.38. The summed E-state index contributed by atoms with van der Waals surface area (Å²) in [6.45, 7) is 2.62. The Labute approximate surface area is 127 Å². The minimum Gasteiger partial charge on any atom is -0.494 e. The number of rotatable bonds is 6. The highest BCUT2D eigenvalue weighted by atomic mass is 79.9. The summed E-state index contributed by atoms with van der Waals surface area (Å²) < 4.78 is 6.49. The van der Waals surface area contributed by atoms with E-state index in [1.54, 1.807) is 6.20 Å². The number of nitrogens with two attached hydrogens (primary N) is 1. The molecule has 2 aromatic rings. The zero-order valence-electron chi connectivity index (χ0n) is 11.3. The van der Waals surface area contributed by atoms with Crippen LogP contribution in [0.25, 0.3) is 0 Å². The van der Waals surface area contributed by atoms with Gasteiger partial charge in [0.1, 0.15) is 5.75 Å². The van der Waals surface area contributed by atoms with Crippen LogP contribution in [-0.2, 0) is 6.42 Å². The summed E-state index contributed by atoms with van der Waals surface area (Å²) in [5.41, 5.74) is 5.07. The number of pyridine rings is 1. The lowest BCUT2D eigenvalue weighted by Gasteiger charge is -2.17. The fourth-order valence-electron chi connectivity index (χ4n) is 2.06. The van der Waals surface area contributed by atoms with Crippen LogP contribution in [-0.4, -0.2) is 11.6 Å². The normalized spacial score (nSPS) is 12.2. The smallest absolute Gasteiger partial charge is 0.119 e. The molecule has 0 saturated carbocycles. The molecule has 0 bridgehead atoms. The van der Waals surface area contributed by atoms with Gasteiger partial charge in [-0.25, -0.2) is 0 Å². The Bertz CT molecular complexity index is 562. The fraction of sp³-hybridized carbons (Fsp3) is 0.267. The van der Waals surface area contributed by atoms with E-state index >= 15 is 0 Å². The fourth-order valence-corrected chi connectivity index (χ4v) is 2.48. The van der Waals surface area contributed by atoms with Gasteiger partial charge in [-0.15, -0.1) is 0 Å². The Morgan fingerprint density at radius 2 is 2.20 bits per heavy atom. The van der Waals surface area contributed by atoms with Crippen molar-refractivity contribution in [2.75, 3.05) is 6.61 Å². The molecule has 20 heavy (non-hydrogen) atoms. The standard InChI is InChI=1S/C15H18BrN3O/c1-2-20-14-5-3-4-12(8-14)15(19-17)7-11-6-13(16)10-18-9-11/h3-6,8-10,15,19H,2,7,17H2,1H3. The molecule has 3 N–H and O–H groups in total. The van der Waals surface area contributed by atoms with Gasteiger partial charge in [0.25, 0.3) is 0 Å². The summed E-state index contributed by atoms with van der Waals surface area (Å²) in [6, 6.07) is 10.0. The van der Waals surface area contributed by atoms with Crippen molar-refractivity contribution in [3.05, 3.63) is 58.3 Å². The van der Waals surface area contributed by atoms with Crippen LogP contribution in [0.15, 0.2) is 47.2 Å². The second-order valence-corrected chi connectivity index (χ2v) is 5.36. The first-order valence-electron chi connectivity index (χ1n) is 6.51. The van der Waals surface area contributed by atoms with Crippen molar-refractivity contribution in [2.24, 2.45) is 5.84 Å². The maximum atomic E-state index is 5.69. The molecular formula is C15H18BrN3O. The summed E-state index contributed by atoms with van der Waals surface area (Å²) >= 11 is 3.43.